The quantitative estimate of drug-likeness (QED) is 0.839. The van der Waals surface area contributed by atoms with E-state index in [9.17, 15) is 5.26 Å². The molecule has 86 valence electrons. The highest BCUT2D eigenvalue weighted by Gasteiger charge is 2.32. The zero-order chi connectivity index (χ0) is 11.6. The summed E-state index contributed by atoms with van der Waals surface area (Å²) in [6.07, 6.45) is 7.03. The van der Waals surface area contributed by atoms with Crippen molar-refractivity contribution in [3.8, 4) is 6.07 Å². The first-order valence-electron chi connectivity index (χ1n) is 5.48. The van der Waals surface area contributed by atoms with Crippen LogP contribution in [0.3, 0.4) is 0 Å². The molecule has 0 bridgehead atoms. The van der Waals surface area contributed by atoms with E-state index in [1.165, 1.54) is 12.8 Å². The smallest absolute Gasteiger partial charge is 0.105 e. The van der Waals surface area contributed by atoms with Gasteiger partial charge in [-0.05, 0) is 48.8 Å². The van der Waals surface area contributed by atoms with E-state index in [4.69, 9.17) is 0 Å². The summed E-state index contributed by atoms with van der Waals surface area (Å²) in [4.78, 5) is 0. The molecule has 0 saturated heterocycles. The van der Waals surface area contributed by atoms with Gasteiger partial charge in [-0.3, -0.25) is 10.00 Å². The molecule has 1 atom stereocenters. The highest BCUT2D eigenvalue weighted by atomic mass is 127. The van der Waals surface area contributed by atoms with Crippen LogP contribution < -0.4 is 5.32 Å². The predicted molar refractivity (Wildman–Crippen MR) is 69.7 cm³/mol. The van der Waals surface area contributed by atoms with Crippen LogP contribution in [0.15, 0.2) is 12.4 Å². The lowest BCUT2D eigenvalue weighted by atomic mass is 10.00. The largest absolute Gasteiger partial charge is 0.297 e. The van der Waals surface area contributed by atoms with E-state index in [1.54, 1.807) is 0 Å². The molecule has 1 saturated carbocycles. The molecule has 0 amide bonds. The van der Waals surface area contributed by atoms with E-state index in [1.807, 2.05) is 24.0 Å². The molecule has 1 aromatic heterocycles. The fourth-order valence-corrected chi connectivity index (χ4v) is 2.08. The first kappa shape index (κ1) is 11.9. The fourth-order valence-electron chi connectivity index (χ4n) is 1.64. The van der Waals surface area contributed by atoms with Crippen LogP contribution in [0.5, 0.6) is 0 Å². The number of nitrogens with zero attached hydrogens (tertiary/aromatic N) is 3. The topological polar surface area (TPSA) is 53.6 Å². The van der Waals surface area contributed by atoms with Crippen molar-refractivity contribution in [1.82, 2.24) is 15.1 Å². The summed E-state index contributed by atoms with van der Waals surface area (Å²) in [5.74, 6) is 0. The van der Waals surface area contributed by atoms with Crippen LogP contribution in [0.1, 0.15) is 26.2 Å². The maximum atomic E-state index is 9.20. The highest BCUT2D eigenvalue weighted by Crippen LogP contribution is 2.24. The zero-order valence-corrected chi connectivity index (χ0v) is 11.4. The number of hydrogen-bond acceptors (Lipinski definition) is 3. The van der Waals surface area contributed by atoms with Gasteiger partial charge in [0.15, 0.2) is 0 Å². The average Bonchev–Trinajstić information content (AvgIpc) is 2.97. The molecule has 5 heteroatoms. The molecule has 1 aromatic rings. The Labute approximate surface area is 109 Å². The molecule has 1 N–H and O–H groups in total. The standard InChI is InChI=1S/C11H15IN4/c1-11(8-13,15-10-2-3-10)4-5-16-7-9(12)6-14-16/h6-7,10,15H,2-5H2,1H3. The van der Waals surface area contributed by atoms with Crippen LogP contribution in [-0.2, 0) is 6.54 Å². The second-order valence-electron chi connectivity index (χ2n) is 4.53. The Morgan fingerprint density at radius 2 is 2.50 bits per heavy atom. The number of nitriles is 1. The van der Waals surface area contributed by atoms with Crippen LogP contribution in [0.25, 0.3) is 0 Å². The second kappa shape index (κ2) is 4.72. The lowest BCUT2D eigenvalue weighted by molar-refractivity contribution is 0.379. The van der Waals surface area contributed by atoms with Gasteiger partial charge in [0, 0.05) is 18.8 Å². The van der Waals surface area contributed by atoms with E-state index in [-0.39, 0.29) is 0 Å². The normalized spacial score (nSPS) is 19.1. The molecule has 1 aliphatic rings. The Hall–Kier alpha value is -0.610. The average molecular weight is 330 g/mol. The number of aromatic nitrogens is 2. The maximum absolute atomic E-state index is 9.20. The lowest BCUT2D eigenvalue weighted by Gasteiger charge is -2.23. The minimum absolute atomic E-state index is 0.418. The number of hydrogen-bond donors (Lipinski definition) is 1. The van der Waals surface area contributed by atoms with Crippen molar-refractivity contribution in [1.29, 1.82) is 5.26 Å². The van der Waals surface area contributed by atoms with Crippen LogP contribution in [-0.4, -0.2) is 21.4 Å². The summed E-state index contributed by atoms with van der Waals surface area (Å²) in [6, 6.07) is 2.93. The predicted octanol–water partition coefficient (Wildman–Crippen LogP) is 1.91. The van der Waals surface area contributed by atoms with Gasteiger partial charge in [0.2, 0.25) is 0 Å². The fraction of sp³-hybridized carbons (Fsp3) is 0.636. The van der Waals surface area contributed by atoms with E-state index >= 15 is 0 Å². The monoisotopic (exact) mass is 330 g/mol. The summed E-state index contributed by atoms with van der Waals surface area (Å²) < 4.78 is 3.03. The van der Waals surface area contributed by atoms with E-state index in [0.717, 1.165) is 16.5 Å². The Bertz CT molecular complexity index is 404. The summed E-state index contributed by atoms with van der Waals surface area (Å²) in [5.41, 5.74) is -0.418. The van der Waals surface area contributed by atoms with Gasteiger partial charge in [-0.25, -0.2) is 0 Å². The Morgan fingerprint density at radius 3 is 3.00 bits per heavy atom. The van der Waals surface area contributed by atoms with Gasteiger partial charge in [0.1, 0.15) is 5.54 Å². The van der Waals surface area contributed by atoms with E-state index in [0.29, 0.717) is 6.04 Å². The number of rotatable bonds is 5. The molecule has 2 rings (SSSR count). The van der Waals surface area contributed by atoms with Crippen molar-refractivity contribution in [2.75, 3.05) is 0 Å². The van der Waals surface area contributed by atoms with Crippen molar-refractivity contribution in [3.63, 3.8) is 0 Å². The third kappa shape index (κ3) is 3.19. The molecule has 1 heterocycles. The van der Waals surface area contributed by atoms with Gasteiger partial charge in [-0.15, -0.1) is 0 Å². The highest BCUT2D eigenvalue weighted by molar-refractivity contribution is 14.1. The molecule has 1 fully saturated rings. The molecular formula is C11H15IN4. The van der Waals surface area contributed by atoms with Gasteiger partial charge in [0.25, 0.3) is 0 Å². The molecule has 1 unspecified atom stereocenters. The van der Waals surface area contributed by atoms with Crippen molar-refractivity contribution in [2.45, 2.75) is 44.3 Å². The maximum Gasteiger partial charge on any atom is 0.105 e. The Kier molecular flexibility index (Phi) is 3.50. The molecule has 0 spiro atoms. The molecule has 0 aliphatic heterocycles. The number of aryl methyl sites for hydroxylation is 1. The number of nitrogens with one attached hydrogen (secondary N) is 1. The first-order chi connectivity index (χ1) is 7.61. The Morgan fingerprint density at radius 1 is 1.75 bits per heavy atom. The van der Waals surface area contributed by atoms with Crippen LogP contribution >= 0.6 is 22.6 Å². The van der Waals surface area contributed by atoms with Crippen LogP contribution in [0.4, 0.5) is 0 Å². The SMILES string of the molecule is CC(C#N)(CCn1cc(I)cn1)NC1CC1. The van der Waals surface area contributed by atoms with E-state index in [2.05, 4.69) is 39.1 Å². The third-order valence-electron chi connectivity index (χ3n) is 2.79. The van der Waals surface area contributed by atoms with Gasteiger partial charge in [-0.1, -0.05) is 0 Å². The lowest BCUT2D eigenvalue weighted by Crippen LogP contribution is -2.43. The molecule has 4 nitrogen and oxygen atoms in total. The van der Waals surface area contributed by atoms with Crippen molar-refractivity contribution >= 4 is 22.6 Å². The third-order valence-corrected chi connectivity index (χ3v) is 3.35. The summed E-state index contributed by atoms with van der Waals surface area (Å²) >= 11 is 2.24. The molecule has 0 radical (unpaired) electrons. The first-order valence-corrected chi connectivity index (χ1v) is 6.56. The van der Waals surface area contributed by atoms with E-state index < -0.39 is 5.54 Å². The van der Waals surface area contributed by atoms with Gasteiger partial charge in [-0.2, -0.15) is 10.4 Å². The van der Waals surface area contributed by atoms with Gasteiger partial charge < -0.3 is 0 Å². The van der Waals surface area contributed by atoms with Gasteiger partial charge in [0.05, 0.1) is 15.8 Å². The summed E-state index contributed by atoms with van der Waals surface area (Å²) in [5, 5.41) is 16.8. The van der Waals surface area contributed by atoms with Crippen molar-refractivity contribution in [2.24, 2.45) is 0 Å². The minimum Gasteiger partial charge on any atom is -0.297 e. The van der Waals surface area contributed by atoms with Crippen molar-refractivity contribution < 1.29 is 0 Å². The summed E-state index contributed by atoms with van der Waals surface area (Å²) in [7, 11) is 0. The molecular weight excluding hydrogens is 315 g/mol. The minimum atomic E-state index is -0.418. The molecule has 1 aliphatic carbocycles. The Balaban J connectivity index is 1.89. The number of halogens is 1. The van der Waals surface area contributed by atoms with Crippen LogP contribution in [0.2, 0.25) is 0 Å². The van der Waals surface area contributed by atoms with Crippen molar-refractivity contribution in [3.05, 3.63) is 16.0 Å². The second-order valence-corrected chi connectivity index (χ2v) is 5.78. The zero-order valence-electron chi connectivity index (χ0n) is 9.28. The summed E-state index contributed by atoms with van der Waals surface area (Å²) in [6.45, 7) is 2.76. The molecule has 0 aromatic carbocycles. The molecule has 16 heavy (non-hydrogen) atoms. The van der Waals surface area contributed by atoms with Gasteiger partial charge >= 0.3 is 0 Å². The van der Waals surface area contributed by atoms with Crippen LogP contribution in [0, 0.1) is 14.9 Å².